The maximum atomic E-state index is 13.0. The van der Waals surface area contributed by atoms with E-state index < -0.39 is 18.0 Å². The number of thioether (sulfide) groups is 3. The molecule has 15 heteroatoms. The summed E-state index contributed by atoms with van der Waals surface area (Å²) >= 11 is 5.02. The van der Waals surface area contributed by atoms with E-state index in [4.69, 9.17) is 0 Å². The monoisotopic (exact) mass is 609 g/mol. The van der Waals surface area contributed by atoms with Crippen LogP contribution in [0, 0.1) is 0 Å². The number of fused-ring (bicyclic) bond motifs is 1. The number of hydrogen-bond acceptors (Lipinski definition) is 12. The maximum absolute atomic E-state index is 13.0. The molecular weight excluding hydrogens is 590 g/mol. The van der Waals surface area contributed by atoms with Crippen LogP contribution in [0.25, 0.3) is 0 Å². The first-order valence-corrected chi connectivity index (χ1v) is 15.2. The first kappa shape index (κ1) is 29.9. The third kappa shape index (κ3) is 7.17. The van der Waals surface area contributed by atoms with Gasteiger partial charge in [0.05, 0.1) is 17.6 Å². The van der Waals surface area contributed by atoms with Gasteiger partial charge < -0.3 is 25.1 Å². The molecular formula is C24H20N5NaO5S4. The molecule has 0 spiro atoms. The Labute approximate surface area is 263 Å². The van der Waals surface area contributed by atoms with Gasteiger partial charge in [0, 0.05) is 40.6 Å². The molecule has 39 heavy (non-hydrogen) atoms. The van der Waals surface area contributed by atoms with Crippen LogP contribution in [0.2, 0.25) is 0 Å². The number of amides is 1. The Hall–Kier alpha value is -2.07. The fraction of sp³-hybridized carbons (Fsp3) is 0.250. The Morgan fingerprint density at radius 2 is 1.77 bits per heavy atom. The zero-order valence-electron chi connectivity index (χ0n) is 20.6. The van der Waals surface area contributed by atoms with Crippen LogP contribution in [-0.4, -0.2) is 61.6 Å². The van der Waals surface area contributed by atoms with Gasteiger partial charge in [0.25, 0.3) is 5.91 Å². The summed E-state index contributed by atoms with van der Waals surface area (Å²) in [6, 6.07) is 13.3. The van der Waals surface area contributed by atoms with Gasteiger partial charge in [0.2, 0.25) is 0 Å². The summed E-state index contributed by atoms with van der Waals surface area (Å²) in [5.74, 6) is -2.39. The number of pyridine rings is 1. The molecule has 1 amide bonds. The fourth-order valence-corrected chi connectivity index (χ4v) is 8.22. The van der Waals surface area contributed by atoms with Gasteiger partial charge in [-0.05, 0) is 5.57 Å². The third-order valence-electron chi connectivity index (χ3n) is 5.73. The minimum Gasteiger partial charge on any atom is -0.549 e. The largest absolute Gasteiger partial charge is 1.00 e. The van der Waals surface area contributed by atoms with Gasteiger partial charge in [-0.2, -0.15) is 0 Å². The number of carboxylic acids is 2. The van der Waals surface area contributed by atoms with Gasteiger partial charge in [-0.25, -0.2) is 4.57 Å². The summed E-state index contributed by atoms with van der Waals surface area (Å²) in [7, 11) is 0. The first-order valence-electron chi connectivity index (χ1n) is 11.4. The normalized spacial score (nSPS) is 18.2. The van der Waals surface area contributed by atoms with Crippen LogP contribution in [0.1, 0.15) is 5.56 Å². The van der Waals surface area contributed by atoms with Gasteiger partial charge in [0.1, 0.15) is 11.4 Å². The number of aromatic nitrogens is 3. The zero-order valence-corrected chi connectivity index (χ0v) is 25.9. The van der Waals surface area contributed by atoms with E-state index in [0.717, 1.165) is 24.0 Å². The summed E-state index contributed by atoms with van der Waals surface area (Å²) in [5.41, 5.74) is 2.44. The van der Waals surface area contributed by atoms with Crippen LogP contribution in [0.3, 0.4) is 0 Å². The number of nitrogens with one attached hydrogen (secondary N) is 1. The molecule has 0 saturated carbocycles. The van der Waals surface area contributed by atoms with Crippen molar-refractivity contribution in [3.63, 3.8) is 0 Å². The Morgan fingerprint density at radius 3 is 2.44 bits per heavy atom. The smallest absolute Gasteiger partial charge is 0.549 e. The maximum Gasteiger partial charge on any atom is 1.00 e. The molecule has 0 aliphatic carbocycles. The molecule has 5 rings (SSSR count). The predicted octanol–water partition coefficient (Wildman–Crippen LogP) is -2.79. The zero-order chi connectivity index (χ0) is 26.6. The van der Waals surface area contributed by atoms with E-state index in [1.54, 1.807) is 0 Å². The van der Waals surface area contributed by atoms with E-state index >= 15 is 0 Å². The van der Waals surface area contributed by atoms with Gasteiger partial charge in [-0.3, -0.25) is 9.69 Å². The van der Waals surface area contributed by atoms with Crippen molar-refractivity contribution in [2.24, 2.45) is 0 Å². The van der Waals surface area contributed by atoms with Crippen LogP contribution in [-0.2, 0) is 20.9 Å². The molecule has 196 valence electrons. The number of carbonyl (C=O) groups is 3. The van der Waals surface area contributed by atoms with Crippen molar-refractivity contribution in [1.29, 1.82) is 0 Å². The van der Waals surface area contributed by atoms with Crippen molar-refractivity contribution in [2.45, 2.75) is 26.6 Å². The van der Waals surface area contributed by atoms with Crippen molar-refractivity contribution in [2.75, 3.05) is 22.6 Å². The molecule has 0 radical (unpaired) electrons. The summed E-state index contributed by atoms with van der Waals surface area (Å²) in [6.07, 6.45) is 3.87. The average Bonchev–Trinajstić information content (AvgIpc) is 3.38. The number of hydrogen-bond donors (Lipinski definition) is 1. The van der Waals surface area contributed by atoms with Gasteiger partial charge in [-0.15, -0.1) is 22.0 Å². The van der Waals surface area contributed by atoms with Crippen LogP contribution in [0.5, 0.6) is 0 Å². The number of carboxylic acid groups (broad SMARTS) is 2. The Morgan fingerprint density at radius 1 is 1.08 bits per heavy atom. The minimum absolute atomic E-state index is 0. The molecule has 10 nitrogen and oxygen atoms in total. The van der Waals surface area contributed by atoms with Crippen LogP contribution in [0.4, 0.5) is 5.69 Å². The van der Waals surface area contributed by atoms with Gasteiger partial charge in [-0.1, -0.05) is 65.2 Å². The third-order valence-corrected chi connectivity index (χ3v) is 10.3. The average molecular weight is 610 g/mol. The predicted molar refractivity (Wildman–Crippen MR) is 141 cm³/mol. The number of rotatable bonds is 11. The standard InChI is InChI=1S/C24H21N5O5S4.Na/c30-17(31)13-37-24-27-26-23(38-24)36-12-15-11-35-21-18(20(32)29(21)19(15)22(33)34)25-16-6-8-28(9-7-16)10-14-4-2-1-3-5-14;/h1-9,18,21H,10-13H2,(H2,30,31,33,34);/q;+1/p-1. The van der Waals surface area contributed by atoms with Crippen molar-refractivity contribution < 1.29 is 58.7 Å². The Bertz CT molecular complexity index is 1390. The number of anilines is 1. The second-order valence-electron chi connectivity index (χ2n) is 8.30. The molecule has 1 saturated heterocycles. The van der Waals surface area contributed by atoms with Crippen LogP contribution in [0.15, 0.2) is 74.8 Å². The van der Waals surface area contributed by atoms with E-state index in [0.29, 0.717) is 25.8 Å². The summed E-state index contributed by atoms with van der Waals surface area (Å²) in [6.45, 7) is 0.729. The van der Waals surface area contributed by atoms with E-state index in [9.17, 15) is 24.6 Å². The summed E-state index contributed by atoms with van der Waals surface area (Å²) < 4.78 is 3.10. The molecule has 1 fully saturated rings. The Kier molecular flexibility index (Phi) is 10.4. The number of carbonyl (C=O) groups excluding carboxylic acids is 3. The molecule has 1 aromatic carbocycles. The second kappa shape index (κ2) is 13.5. The van der Waals surface area contributed by atoms with E-state index in [1.807, 2.05) is 47.3 Å². The van der Waals surface area contributed by atoms with Gasteiger partial charge >= 0.3 is 29.6 Å². The quantitative estimate of drug-likeness (QED) is 0.104. The van der Waals surface area contributed by atoms with Crippen molar-refractivity contribution in [3.05, 3.63) is 71.7 Å². The Balaban J connectivity index is 0.00000353. The fourth-order valence-electron chi connectivity index (χ4n) is 4.00. The molecule has 2 unspecified atom stereocenters. The minimum atomic E-state index is -1.39. The molecule has 2 atom stereocenters. The molecule has 1 N–H and O–H groups in total. The van der Waals surface area contributed by atoms with Crippen LogP contribution < -0.4 is 49.7 Å². The van der Waals surface area contributed by atoms with Crippen molar-refractivity contribution in [1.82, 2.24) is 15.1 Å². The summed E-state index contributed by atoms with van der Waals surface area (Å²) in [5, 5.41) is 33.5. The topological polar surface area (TPSA) is 142 Å². The van der Waals surface area contributed by atoms with Gasteiger partial charge in [0.15, 0.2) is 27.6 Å². The van der Waals surface area contributed by atoms with E-state index in [2.05, 4.69) is 27.6 Å². The number of β-lactam (4-membered cyclic amide) rings is 1. The number of nitrogens with zero attached hydrogens (tertiary/aromatic N) is 4. The molecule has 4 heterocycles. The first-order chi connectivity index (χ1) is 18.4. The molecule has 2 aliphatic rings. The molecule has 2 aliphatic heterocycles. The van der Waals surface area contributed by atoms with Crippen molar-refractivity contribution >= 4 is 70.2 Å². The van der Waals surface area contributed by atoms with Crippen LogP contribution >= 0.6 is 46.6 Å². The number of benzene rings is 1. The van der Waals surface area contributed by atoms with E-state index in [-0.39, 0.29) is 52.3 Å². The molecule has 3 aromatic rings. The summed E-state index contributed by atoms with van der Waals surface area (Å²) in [4.78, 5) is 36.9. The molecule has 2 aromatic heterocycles. The molecule has 0 bridgehead atoms. The van der Waals surface area contributed by atoms with Crippen molar-refractivity contribution in [3.8, 4) is 0 Å². The number of aliphatic carboxylic acids is 2. The second-order valence-corrected chi connectivity index (χ2v) is 12.8. The van der Waals surface area contributed by atoms with E-state index in [1.165, 1.54) is 45.3 Å². The SMILES string of the molecule is O=C([O-])CSc1nnc(SCC2=C(C(=O)[O-])N3C(=O)C(Nc4cc[n+](Cc5ccccc5)cc4)C3SC2)s1.[Na+].